The molecule has 0 aliphatic carbocycles. The second-order valence-corrected chi connectivity index (χ2v) is 5.29. The number of rotatable bonds is 2. The summed E-state index contributed by atoms with van der Waals surface area (Å²) in [4.78, 5) is 4.11. The Labute approximate surface area is 132 Å². The maximum Gasteiger partial charge on any atom is 0.416 e. The van der Waals surface area contributed by atoms with Crippen LogP contribution in [0.2, 0.25) is 10.0 Å². The maximum absolute atomic E-state index is 12.7. The van der Waals surface area contributed by atoms with Gasteiger partial charge >= 0.3 is 6.18 Å². The molecule has 114 valence electrons. The lowest BCUT2D eigenvalue weighted by atomic mass is 10.2. The molecule has 0 amide bonds. The van der Waals surface area contributed by atoms with E-state index in [4.69, 9.17) is 27.6 Å². The largest absolute Gasteiger partial charge is 0.423 e. The van der Waals surface area contributed by atoms with Crippen LogP contribution in [-0.2, 0) is 6.18 Å². The first-order chi connectivity index (χ1) is 10.3. The summed E-state index contributed by atoms with van der Waals surface area (Å²) in [6.07, 6.45) is -4.46. The van der Waals surface area contributed by atoms with Crippen LogP contribution in [0.4, 0.5) is 24.9 Å². The van der Waals surface area contributed by atoms with Gasteiger partial charge in [0.25, 0.3) is 6.01 Å². The van der Waals surface area contributed by atoms with Crippen LogP contribution in [0.15, 0.2) is 40.8 Å². The molecule has 1 N–H and O–H groups in total. The molecule has 0 spiro atoms. The quantitative estimate of drug-likeness (QED) is 0.627. The third-order valence-corrected chi connectivity index (χ3v) is 3.45. The van der Waals surface area contributed by atoms with Crippen molar-refractivity contribution < 1.29 is 17.6 Å². The Morgan fingerprint density at radius 1 is 1.05 bits per heavy atom. The van der Waals surface area contributed by atoms with Crippen molar-refractivity contribution in [2.24, 2.45) is 0 Å². The molecule has 0 atom stereocenters. The van der Waals surface area contributed by atoms with Gasteiger partial charge in [-0.1, -0.05) is 23.2 Å². The first-order valence-corrected chi connectivity index (χ1v) is 6.78. The second kappa shape index (κ2) is 5.37. The molecule has 1 aromatic heterocycles. The summed E-state index contributed by atoms with van der Waals surface area (Å²) in [5.74, 6) is 0. The molecule has 3 rings (SSSR count). The van der Waals surface area contributed by atoms with Gasteiger partial charge in [-0.25, -0.2) is 0 Å². The van der Waals surface area contributed by atoms with Crippen LogP contribution in [0.1, 0.15) is 5.56 Å². The minimum atomic E-state index is -4.46. The lowest BCUT2D eigenvalue weighted by Gasteiger charge is -2.10. The maximum atomic E-state index is 12.7. The highest BCUT2D eigenvalue weighted by Crippen LogP contribution is 2.35. The molecule has 0 aliphatic rings. The number of oxazole rings is 1. The van der Waals surface area contributed by atoms with Crippen LogP contribution < -0.4 is 5.32 Å². The monoisotopic (exact) mass is 346 g/mol. The number of anilines is 2. The number of fused-ring (bicyclic) bond motifs is 1. The van der Waals surface area contributed by atoms with Gasteiger partial charge in [-0.2, -0.15) is 18.2 Å². The van der Waals surface area contributed by atoms with E-state index in [0.717, 1.165) is 18.2 Å². The molecule has 8 heteroatoms. The number of aromatic nitrogens is 1. The second-order valence-electron chi connectivity index (χ2n) is 4.45. The topological polar surface area (TPSA) is 38.1 Å². The Kier molecular flexibility index (Phi) is 3.66. The minimum Gasteiger partial charge on any atom is -0.423 e. The first-order valence-electron chi connectivity index (χ1n) is 6.03. The van der Waals surface area contributed by atoms with Crippen molar-refractivity contribution in [2.45, 2.75) is 6.18 Å². The Bertz CT molecular complexity index is 846. The molecule has 2 aromatic carbocycles. The summed E-state index contributed by atoms with van der Waals surface area (Å²) >= 11 is 11.7. The van der Waals surface area contributed by atoms with Crippen molar-refractivity contribution in [1.82, 2.24) is 4.98 Å². The van der Waals surface area contributed by atoms with Gasteiger partial charge in [0.2, 0.25) is 0 Å². The number of nitrogens with one attached hydrogen (secondary N) is 1. The summed E-state index contributed by atoms with van der Waals surface area (Å²) in [6.45, 7) is 0. The molecule has 0 saturated heterocycles. The highest BCUT2D eigenvalue weighted by Gasteiger charge is 2.31. The third kappa shape index (κ3) is 2.98. The van der Waals surface area contributed by atoms with Gasteiger partial charge in [-0.3, -0.25) is 0 Å². The van der Waals surface area contributed by atoms with E-state index in [1.807, 2.05) is 0 Å². The van der Waals surface area contributed by atoms with Crippen LogP contribution in [0, 0.1) is 0 Å². The summed E-state index contributed by atoms with van der Waals surface area (Å²) in [5, 5.41) is 3.22. The van der Waals surface area contributed by atoms with E-state index >= 15 is 0 Å². The van der Waals surface area contributed by atoms with E-state index in [1.165, 1.54) is 0 Å². The van der Waals surface area contributed by atoms with Gasteiger partial charge in [-0.05, 0) is 30.3 Å². The molecule has 0 fully saturated rings. The van der Waals surface area contributed by atoms with Gasteiger partial charge < -0.3 is 9.73 Å². The fourth-order valence-electron chi connectivity index (χ4n) is 1.86. The van der Waals surface area contributed by atoms with Gasteiger partial charge in [0, 0.05) is 11.1 Å². The van der Waals surface area contributed by atoms with E-state index in [1.54, 1.807) is 18.2 Å². The van der Waals surface area contributed by atoms with Crippen molar-refractivity contribution in [3.8, 4) is 0 Å². The molecule has 1 heterocycles. The third-order valence-electron chi connectivity index (χ3n) is 2.89. The van der Waals surface area contributed by atoms with E-state index < -0.39 is 11.7 Å². The molecular formula is C14H7Cl2F3N2O. The highest BCUT2D eigenvalue weighted by molar-refractivity contribution is 6.33. The predicted octanol–water partition coefficient (Wildman–Crippen LogP) is 5.90. The normalized spacial score (nSPS) is 11.9. The van der Waals surface area contributed by atoms with E-state index in [-0.39, 0.29) is 16.7 Å². The number of benzene rings is 2. The zero-order valence-electron chi connectivity index (χ0n) is 10.7. The Morgan fingerprint density at radius 2 is 1.82 bits per heavy atom. The average molecular weight is 347 g/mol. The Balaban J connectivity index is 1.97. The SMILES string of the molecule is FC(F)(F)c1ccc(Cl)c(Nc2nc3ccc(Cl)cc3o2)c1. The fraction of sp³-hybridized carbons (Fsp3) is 0.0714. The van der Waals surface area contributed by atoms with Crippen LogP contribution >= 0.6 is 23.2 Å². The molecule has 0 unspecified atom stereocenters. The average Bonchev–Trinajstić information content (AvgIpc) is 2.81. The van der Waals surface area contributed by atoms with Gasteiger partial charge in [0.05, 0.1) is 16.3 Å². The zero-order chi connectivity index (χ0) is 15.9. The molecule has 3 nitrogen and oxygen atoms in total. The number of halogens is 5. The predicted molar refractivity (Wildman–Crippen MR) is 78.8 cm³/mol. The molecular weight excluding hydrogens is 340 g/mol. The van der Waals surface area contributed by atoms with Crippen molar-refractivity contribution in [3.63, 3.8) is 0 Å². The van der Waals surface area contributed by atoms with Crippen LogP contribution in [-0.4, -0.2) is 4.98 Å². The van der Waals surface area contributed by atoms with Gasteiger partial charge in [0.1, 0.15) is 5.52 Å². The molecule has 3 aromatic rings. The number of nitrogens with zero attached hydrogens (tertiary/aromatic N) is 1. The van der Waals surface area contributed by atoms with Crippen LogP contribution in [0.3, 0.4) is 0 Å². The summed E-state index contributed by atoms with van der Waals surface area (Å²) in [6, 6.07) is 7.81. The summed E-state index contributed by atoms with van der Waals surface area (Å²) in [7, 11) is 0. The lowest BCUT2D eigenvalue weighted by Crippen LogP contribution is -2.05. The van der Waals surface area contributed by atoms with E-state index in [9.17, 15) is 13.2 Å². The highest BCUT2D eigenvalue weighted by atomic mass is 35.5. The summed E-state index contributed by atoms with van der Waals surface area (Å²) in [5.41, 5.74) is 0.167. The number of hydrogen-bond donors (Lipinski definition) is 1. The molecule has 22 heavy (non-hydrogen) atoms. The number of hydrogen-bond acceptors (Lipinski definition) is 3. The molecule has 0 radical (unpaired) electrons. The van der Waals surface area contributed by atoms with Crippen LogP contribution in [0.25, 0.3) is 11.1 Å². The van der Waals surface area contributed by atoms with E-state index in [0.29, 0.717) is 16.1 Å². The molecule has 0 aliphatic heterocycles. The molecule has 0 saturated carbocycles. The lowest BCUT2D eigenvalue weighted by molar-refractivity contribution is -0.137. The smallest absolute Gasteiger partial charge is 0.416 e. The van der Waals surface area contributed by atoms with Crippen molar-refractivity contribution in [3.05, 3.63) is 52.0 Å². The van der Waals surface area contributed by atoms with Gasteiger partial charge in [0.15, 0.2) is 5.58 Å². The fourth-order valence-corrected chi connectivity index (χ4v) is 2.19. The number of alkyl halides is 3. The minimum absolute atomic E-state index is 0.0264. The Hall–Kier alpha value is -1.92. The van der Waals surface area contributed by atoms with Crippen molar-refractivity contribution in [2.75, 3.05) is 5.32 Å². The first kappa shape index (κ1) is 15.0. The van der Waals surface area contributed by atoms with E-state index in [2.05, 4.69) is 10.3 Å². The standard InChI is InChI=1S/C14H7Cl2F3N2O/c15-8-2-4-10-12(6-8)22-13(20-10)21-11-5-7(14(17,18)19)1-3-9(11)16/h1-6H,(H,20,21). The molecule has 0 bridgehead atoms. The Morgan fingerprint density at radius 3 is 2.55 bits per heavy atom. The van der Waals surface area contributed by atoms with Crippen molar-refractivity contribution >= 4 is 46.0 Å². The van der Waals surface area contributed by atoms with Crippen LogP contribution in [0.5, 0.6) is 0 Å². The van der Waals surface area contributed by atoms with Crippen molar-refractivity contribution in [1.29, 1.82) is 0 Å². The van der Waals surface area contributed by atoms with Gasteiger partial charge in [-0.15, -0.1) is 0 Å². The summed E-state index contributed by atoms with van der Waals surface area (Å²) < 4.78 is 43.6. The zero-order valence-corrected chi connectivity index (χ0v) is 12.2.